The summed E-state index contributed by atoms with van der Waals surface area (Å²) in [7, 11) is -3.53. The summed E-state index contributed by atoms with van der Waals surface area (Å²) in [5, 5.41) is 8.69. The molecule has 8 heteroatoms. The highest BCUT2D eigenvalue weighted by Gasteiger charge is 2.37. The number of nitrogens with two attached hydrogens (primary N) is 1. The van der Waals surface area contributed by atoms with Crippen LogP contribution in [0.2, 0.25) is 0 Å². The van der Waals surface area contributed by atoms with E-state index >= 15 is 0 Å². The molecule has 5 rings (SSSR count). The number of benzene rings is 2. The molecule has 0 spiro atoms. The molecule has 1 saturated carbocycles. The number of nitrogen functional groups attached to an aromatic ring is 1. The number of amidine groups is 1. The average Bonchev–Trinajstić information content (AvgIpc) is 3.25. The van der Waals surface area contributed by atoms with Crippen LogP contribution in [0.4, 0.5) is 0 Å². The zero-order valence-corrected chi connectivity index (χ0v) is 20.6. The van der Waals surface area contributed by atoms with E-state index in [-0.39, 0.29) is 35.0 Å². The van der Waals surface area contributed by atoms with Crippen LogP contribution in [0.25, 0.3) is 10.9 Å². The topological polar surface area (TPSA) is 109 Å². The highest BCUT2D eigenvalue weighted by Crippen LogP contribution is 2.36. The van der Waals surface area contributed by atoms with Crippen LogP contribution in [-0.2, 0) is 16.4 Å². The third kappa shape index (κ3) is 4.59. The number of nitrogens with one attached hydrogen (secondary N) is 1. The predicted molar refractivity (Wildman–Crippen MR) is 137 cm³/mol. The fraction of sp³-hybridized carbons (Fsp3) is 0.407. The normalized spacial score (nSPS) is 20.5. The molecule has 3 N–H and O–H groups in total. The highest BCUT2D eigenvalue weighted by molar-refractivity contribution is 7.91. The van der Waals surface area contributed by atoms with Crippen LogP contribution in [0.1, 0.15) is 54.6 Å². The third-order valence-corrected chi connectivity index (χ3v) is 9.33. The Bertz CT molecular complexity index is 1360. The summed E-state index contributed by atoms with van der Waals surface area (Å²) >= 11 is 0. The second kappa shape index (κ2) is 9.49. The Hall–Kier alpha value is -3.13. The van der Waals surface area contributed by atoms with Crippen LogP contribution < -0.4 is 5.73 Å². The number of carbonyl (C=O) groups is 1. The van der Waals surface area contributed by atoms with Gasteiger partial charge in [-0.25, -0.2) is 8.42 Å². The highest BCUT2D eigenvalue weighted by atomic mass is 32.2. The lowest BCUT2D eigenvalue weighted by atomic mass is 9.78. The molecular weight excluding hydrogens is 460 g/mol. The number of nitrogens with zero attached hydrogens (tertiary/aromatic N) is 2. The van der Waals surface area contributed by atoms with Crippen LogP contribution in [0.15, 0.2) is 59.5 Å². The van der Waals surface area contributed by atoms with Crippen LogP contribution in [0.3, 0.4) is 0 Å². The molecule has 1 saturated heterocycles. The molecule has 3 aromatic rings. The quantitative estimate of drug-likeness (QED) is 0.397. The van der Waals surface area contributed by atoms with Gasteiger partial charge in [-0.3, -0.25) is 10.2 Å². The molecule has 0 bridgehead atoms. The molecule has 2 fully saturated rings. The molecule has 2 aliphatic rings. The van der Waals surface area contributed by atoms with E-state index in [9.17, 15) is 13.2 Å². The maximum absolute atomic E-state index is 13.9. The molecule has 1 amide bonds. The van der Waals surface area contributed by atoms with E-state index in [1.807, 2.05) is 21.6 Å². The Balaban J connectivity index is 1.53. The van der Waals surface area contributed by atoms with E-state index in [4.69, 9.17) is 11.1 Å². The van der Waals surface area contributed by atoms with E-state index in [1.54, 1.807) is 42.5 Å². The Morgan fingerprint density at radius 3 is 2.51 bits per heavy atom. The van der Waals surface area contributed by atoms with Crippen molar-refractivity contribution >= 4 is 32.5 Å². The van der Waals surface area contributed by atoms with Gasteiger partial charge in [-0.05, 0) is 55.9 Å². The van der Waals surface area contributed by atoms with Crippen molar-refractivity contribution in [2.45, 2.75) is 56.0 Å². The van der Waals surface area contributed by atoms with E-state index < -0.39 is 9.84 Å². The minimum absolute atomic E-state index is 0.0284. The number of hydrogen-bond acceptors (Lipinski definition) is 4. The van der Waals surface area contributed by atoms with Crippen LogP contribution in [0, 0.1) is 11.3 Å². The number of fused-ring (bicyclic) bond motifs is 2. The molecule has 7 nitrogen and oxygen atoms in total. The lowest BCUT2D eigenvalue weighted by Gasteiger charge is -2.44. The Morgan fingerprint density at radius 2 is 1.74 bits per heavy atom. The van der Waals surface area contributed by atoms with Gasteiger partial charge in [-0.1, -0.05) is 43.2 Å². The second-order valence-corrected chi connectivity index (χ2v) is 11.9. The van der Waals surface area contributed by atoms with E-state index in [1.165, 1.54) is 19.3 Å². The molecule has 2 unspecified atom stereocenters. The van der Waals surface area contributed by atoms with Gasteiger partial charge in [-0.15, -0.1) is 0 Å². The van der Waals surface area contributed by atoms with Gasteiger partial charge in [0.25, 0.3) is 5.91 Å². The summed E-state index contributed by atoms with van der Waals surface area (Å²) in [6.45, 7) is 0.883. The number of aryl methyl sites for hydroxylation is 1. The maximum Gasteiger partial charge on any atom is 0.270 e. The van der Waals surface area contributed by atoms with Crippen molar-refractivity contribution < 1.29 is 13.2 Å². The number of piperidine rings is 1. The van der Waals surface area contributed by atoms with Crippen molar-refractivity contribution in [1.29, 1.82) is 5.41 Å². The van der Waals surface area contributed by atoms with E-state index in [2.05, 4.69) is 0 Å². The standard InChI is InChI=1S/C27H32N4O3S/c28-26(29)21-13-12-20-17-25(27(32)31-14-6-8-19-7-4-5-11-23(19)31)30(24(20)18-21)15-16-35(33,34)22-9-2-1-3-10-22/h1-3,9-10,12-13,17-19,23H,4-8,11,14-16H2,(H3,28,29). The Labute approximate surface area is 206 Å². The molecule has 1 aliphatic heterocycles. The summed E-state index contributed by atoms with van der Waals surface area (Å²) in [4.78, 5) is 16.3. The minimum atomic E-state index is -3.53. The summed E-state index contributed by atoms with van der Waals surface area (Å²) in [5.41, 5.74) is 7.52. The summed E-state index contributed by atoms with van der Waals surface area (Å²) in [6, 6.07) is 15.9. The average molecular weight is 493 g/mol. The summed E-state index contributed by atoms with van der Waals surface area (Å²) in [5.74, 6) is 0.337. The smallest absolute Gasteiger partial charge is 0.270 e. The fourth-order valence-corrected chi connectivity index (χ4v) is 7.05. The number of likely N-dealkylation sites (tertiary alicyclic amines) is 1. The van der Waals surface area contributed by atoms with Crippen molar-refractivity contribution in [3.8, 4) is 0 Å². The minimum Gasteiger partial charge on any atom is -0.384 e. The Kier molecular flexibility index (Phi) is 6.40. The van der Waals surface area contributed by atoms with Gasteiger partial charge in [0.2, 0.25) is 0 Å². The lowest BCUT2D eigenvalue weighted by molar-refractivity contribution is 0.0381. The first-order chi connectivity index (χ1) is 16.8. The molecule has 0 radical (unpaired) electrons. The van der Waals surface area contributed by atoms with Gasteiger partial charge >= 0.3 is 0 Å². The molecule has 184 valence electrons. The number of sulfone groups is 1. The van der Waals surface area contributed by atoms with Crippen LogP contribution in [0.5, 0.6) is 0 Å². The first kappa shape index (κ1) is 23.6. The van der Waals surface area contributed by atoms with E-state index in [0.29, 0.717) is 17.2 Å². The van der Waals surface area contributed by atoms with Crippen LogP contribution in [-0.4, -0.2) is 48.0 Å². The van der Waals surface area contributed by atoms with Gasteiger partial charge in [0, 0.05) is 35.6 Å². The molecule has 2 heterocycles. The first-order valence-corrected chi connectivity index (χ1v) is 14.1. The zero-order chi connectivity index (χ0) is 24.6. The van der Waals surface area contributed by atoms with Crippen molar-refractivity contribution in [3.63, 3.8) is 0 Å². The molecule has 1 aliphatic carbocycles. The van der Waals surface area contributed by atoms with Gasteiger partial charge in [-0.2, -0.15) is 0 Å². The van der Waals surface area contributed by atoms with Crippen molar-refractivity contribution in [3.05, 3.63) is 65.9 Å². The first-order valence-electron chi connectivity index (χ1n) is 12.4. The third-order valence-electron chi connectivity index (χ3n) is 7.62. The van der Waals surface area contributed by atoms with Gasteiger partial charge < -0.3 is 15.2 Å². The molecule has 2 aromatic carbocycles. The molecule has 2 atom stereocenters. The Morgan fingerprint density at radius 1 is 1.00 bits per heavy atom. The second-order valence-electron chi connectivity index (χ2n) is 9.75. The van der Waals surface area contributed by atoms with Crippen molar-refractivity contribution in [1.82, 2.24) is 9.47 Å². The summed E-state index contributed by atoms with van der Waals surface area (Å²) in [6.07, 6.45) is 6.76. The number of carbonyl (C=O) groups excluding carboxylic acids is 1. The molecule has 35 heavy (non-hydrogen) atoms. The van der Waals surface area contributed by atoms with E-state index in [0.717, 1.165) is 36.7 Å². The van der Waals surface area contributed by atoms with Crippen LogP contribution >= 0.6 is 0 Å². The number of aromatic nitrogens is 1. The SMILES string of the molecule is N=C(N)c1ccc2cc(C(=O)N3CCCC4CCCCC43)n(CCS(=O)(=O)c3ccccc3)c2c1. The van der Waals surface area contributed by atoms with Gasteiger partial charge in [0.05, 0.1) is 10.6 Å². The van der Waals surface area contributed by atoms with Crippen molar-refractivity contribution in [2.75, 3.05) is 12.3 Å². The number of hydrogen-bond donors (Lipinski definition) is 2. The number of amides is 1. The maximum atomic E-state index is 13.9. The van der Waals surface area contributed by atoms with Gasteiger partial charge in [0.15, 0.2) is 9.84 Å². The fourth-order valence-electron chi connectivity index (χ4n) is 5.82. The largest absolute Gasteiger partial charge is 0.384 e. The lowest BCUT2D eigenvalue weighted by Crippen LogP contribution is -2.50. The van der Waals surface area contributed by atoms with Crippen molar-refractivity contribution in [2.24, 2.45) is 11.7 Å². The zero-order valence-electron chi connectivity index (χ0n) is 19.8. The molecule has 1 aromatic heterocycles. The van der Waals surface area contributed by atoms with Gasteiger partial charge in [0.1, 0.15) is 11.5 Å². The summed E-state index contributed by atoms with van der Waals surface area (Å²) < 4.78 is 27.9. The molecular formula is C27H32N4O3S. The number of rotatable bonds is 6. The predicted octanol–water partition coefficient (Wildman–Crippen LogP) is 4.19. The monoisotopic (exact) mass is 492 g/mol.